The van der Waals surface area contributed by atoms with Crippen molar-refractivity contribution in [3.8, 4) is 0 Å². The first-order chi connectivity index (χ1) is 12.8. The standard InChI is InChI=1S/C21H26FN3O2/c1-14(2)20(15-5-9-17(22)10-6-15)23-13-19(26)24-18-11-7-16(8-12-18)21(27)25(3)4/h5-12,14,20,23H,13H2,1-4H3,(H,24,26)/p+1/t20-/m1/s1. The fraction of sp³-hybridized carbons (Fsp3) is 0.333. The number of hydrogen-bond donors (Lipinski definition) is 2. The van der Waals surface area contributed by atoms with Gasteiger partial charge in [0.25, 0.3) is 11.8 Å². The topological polar surface area (TPSA) is 66.0 Å². The van der Waals surface area contributed by atoms with Gasteiger partial charge in [-0.1, -0.05) is 26.0 Å². The Bertz CT molecular complexity index is 771. The third-order valence-corrected chi connectivity index (χ3v) is 4.35. The summed E-state index contributed by atoms with van der Waals surface area (Å²) < 4.78 is 13.1. The molecule has 3 N–H and O–H groups in total. The van der Waals surface area contributed by atoms with Gasteiger partial charge in [-0.05, 0) is 36.4 Å². The number of carbonyl (C=O) groups excluding carboxylic acids is 2. The molecule has 0 saturated heterocycles. The van der Waals surface area contributed by atoms with Crippen molar-refractivity contribution in [1.29, 1.82) is 0 Å². The summed E-state index contributed by atoms with van der Waals surface area (Å²) in [7, 11) is 3.39. The lowest BCUT2D eigenvalue weighted by Crippen LogP contribution is -2.88. The van der Waals surface area contributed by atoms with Crippen LogP contribution in [0.15, 0.2) is 48.5 Å². The van der Waals surface area contributed by atoms with Gasteiger partial charge in [0.05, 0.1) is 0 Å². The molecular formula is C21H27FN3O2+. The number of rotatable bonds is 7. The monoisotopic (exact) mass is 372 g/mol. The Morgan fingerprint density at radius 3 is 2.15 bits per heavy atom. The van der Waals surface area contributed by atoms with Gasteiger partial charge in [-0.2, -0.15) is 0 Å². The molecular weight excluding hydrogens is 345 g/mol. The van der Waals surface area contributed by atoms with E-state index in [0.717, 1.165) is 5.56 Å². The van der Waals surface area contributed by atoms with E-state index in [4.69, 9.17) is 0 Å². The second-order valence-corrected chi connectivity index (χ2v) is 7.09. The number of amides is 2. The van der Waals surface area contributed by atoms with Gasteiger partial charge >= 0.3 is 0 Å². The van der Waals surface area contributed by atoms with Gasteiger partial charge in [-0.3, -0.25) is 9.59 Å². The number of nitrogens with one attached hydrogen (secondary N) is 1. The maximum absolute atomic E-state index is 13.1. The van der Waals surface area contributed by atoms with Crippen molar-refractivity contribution in [3.63, 3.8) is 0 Å². The van der Waals surface area contributed by atoms with Crippen LogP contribution >= 0.6 is 0 Å². The van der Waals surface area contributed by atoms with Crippen molar-refractivity contribution in [1.82, 2.24) is 4.90 Å². The van der Waals surface area contributed by atoms with Gasteiger partial charge in [-0.15, -0.1) is 0 Å². The predicted molar refractivity (Wildman–Crippen MR) is 104 cm³/mol. The molecule has 0 radical (unpaired) electrons. The molecule has 144 valence electrons. The van der Waals surface area contributed by atoms with Crippen molar-refractivity contribution in [2.75, 3.05) is 26.0 Å². The highest BCUT2D eigenvalue weighted by molar-refractivity contribution is 5.95. The quantitative estimate of drug-likeness (QED) is 0.784. The first-order valence-electron chi connectivity index (χ1n) is 8.98. The van der Waals surface area contributed by atoms with Crippen LogP contribution in [-0.2, 0) is 4.79 Å². The molecule has 0 heterocycles. The Morgan fingerprint density at radius 1 is 1.04 bits per heavy atom. The number of nitrogens with zero attached hydrogens (tertiary/aromatic N) is 1. The summed E-state index contributed by atoms with van der Waals surface area (Å²) >= 11 is 0. The van der Waals surface area contributed by atoms with Gasteiger partial charge in [-0.25, -0.2) is 4.39 Å². The average Bonchev–Trinajstić information content (AvgIpc) is 2.63. The molecule has 0 spiro atoms. The molecule has 0 unspecified atom stereocenters. The van der Waals surface area contributed by atoms with Crippen LogP contribution in [0.25, 0.3) is 0 Å². The second kappa shape index (κ2) is 9.28. The van der Waals surface area contributed by atoms with Crippen molar-refractivity contribution in [2.24, 2.45) is 5.92 Å². The van der Waals surface area contributed by atoms with Crippen LogP contribution in [-0.4, -0.2) is 37.4 Å². The van der Waals surface area contributed by atoms with Crippen LogP contribution in [0.1, 0.15) is 35.8 Å². The zero-order valence-electron chi connectivity index (χ0n) is 16.2. The molecule has 5 nitrogen and oxygen atoms in total. The highest BCUT2D eigenvalue weighted by atomic mass is 19.1. The minimum atomic E-state index is -0.268. The normalized spacial score (nSPS) is 11.9. The Kier molecular flexibility index (Phi) is 7.07. The summed E-state index contributed by atoms with van der Waals surface area (Å²) in [5, 5.41) is 4.79. The molecule has 2 amide bonds. The Labute approximate surface area is 159 Å². The van der Waals surface area contributed by atoms with Crippen LogP contribution in [0.3, 0.4) is 0 Å². The molecule has 2 rings (SSSR count). The third-order valence-electron chi connectivity index (χ3n) is 4.35. The molecule has 1 atom stereocenters. The van der Waals surface area contributed by atoms with Gasteiger partial charge in [0.15, 0.2) is 6.54 Å². The molecule has 2 aromatic carbocycles. The first-order valence-corrected chi connectivity index (χ1v) is 8.98. The number of carbonyl (C=O) groups is 2. The fourth-order valence-electron chi connectivity index (χ4n) is 2.88. The first kappa shape index (κ1) is 20.6. The number of nitrogens with two attached hydrogens (primary N) is 1. The highest BCUT2D eigenvalue weighted by Crippen LogP contribution is 2.18. The number of quaternary nitrogens is 1. The molecule has 0 aromatic heterocycles. The molecule has 0 saturated carbocycles. The molecule has 2 aromatic rings. The van der Waals surface area contributed by atoms with E-state index in [-0.39, 0.29) is 30.2 Å². The summed E-state index contributed by atoms with van der Waals surface area (Å²) in [6, 6.07) is 13.3. The Balaban J connectivity index is 1.94. The van der Waals surface area contributed by atoms with Crippen molar-refractivity contribution in [3.05, 3.63) is 65.5 Å². The third kappa shape index (κ3) is 5.89. The van der Waals surface area contributed by atoms with Crippen molar-refractivity contribution < 1.29 is 19.3 Å². The zero-order valence-corrected chi connectivity index (χ0v) is 16.2. The molecule has 0 bridgehead atoms. The Morgan fingerprint density at radius 2 is 1.63 bits per heavy atom. The molecule has 6 heteroatoms. The van der Waals surface area contributed by atoms with E-state index < -0.39 is 0 Å². The molecule has 0 aliphatic carbocycles. The summed E-state index contributed by atoms with van der Waals surface area (Å²) in [6.45, 7) is 4.39. The second-order valence-electron chi connectivity index (χ2n) is 7.09. The molecule has 0 aliphatic rings. The van der Waals surface area contributed by atoms with Crippen LogP contribution in [0.4, 0.5) is 10.1 Å². The Hall–Kier alpha value is -2.73. The summed E-state index contributed by atoms with van der Waals surface area (Å²) in [5.41, 5.74) is 2.21. The van der Waals surface area contributed by atoms with Gasteiger partial charge in [0.1, 0.15) is 11.9 Å². The number of halogens is 1. The van der Waals surface area contributed by atoms with Crippen LogP contribution in [0.2, 0.25) is 0 Å². The summed E-state index contributed by atoms with van der Waals surface area (Å²) in [6.07, 6.45) is 0. The van der Waals surface area contributed by atoms with E-state index in [1.165, 1.54) is 17.0 Å². The maximum Gasteiger partial charge on any atom is 0.279 e. The fourth-order valence-corrected chi connectivity index (χ4v) is 2.88. The lowest BCUT2D eigenvalue weighted by molar-refractivity contribution is -0.692. The van der Waals surface area contributed by atoms with Gasteiger partial charge in [0.2, 0.25) is 0 Å². The van der Waals surface area contributed by atoms with E-state index in [9.17, 15) is 14.0 Å². The molecule has 27 heavy (non-hydrogen) atoms. The van der Waals surface area contributed by atoms with Crippen LogP contribution < -0.4 is 10.6 Å². The number of benzene rings is 2. The van der Waals surface area contributed by atoms with Crippen LogP contribution in [0.5, 0.6) is 0 Å². The van der Waals surface area contributed by atoms with E-state index >= 15 is 0 Å². The van der Waals surface area contributed by atoms with Crippen molar-refractivity contribution >= 4 is 17.5 Å². The van der Waals surface area contributed by atoms with E-state index in [0.29, 0.717) is 17.2 Å². The van der Waals surface area contributed by atoms with E-state index in [1.54, 1.807) is 50.5 Å². The number of anilines is 1. The maximum atomic E-state index is 13.1. The zero-order chi connectivity index (χ0) is 20.0. The van der Waals surface area contributed by atoms with E-state index in [2.05, 4.69) is 19.2 Å². The molecule has 0 fully saturated rings. The average molecular weight is 372 g/mol. The minimum Gasteiger partial charge on any atom is -0.345 e. The highest BCUT2D eigenvalue weighted by Gasteiger charge is 2.20. The molecule has 0 aliphatic heterocycles. The summed E-state index contributed by atoms with van der Waals surface area (Å²) in [5.74, 6) is -0.190. The van der Waals surface area contributed by atoms with Crippen LogP contribution in [0, 0.1) is 11.7 Å². The van der Waals surface area contributed by atoms with Gasteiger partial charge in [0, 0.05) is 36.8 Å². The van der Waals surface area contributed by atoms with Crippen molar-refractivity contribution in [2.45, 2.75) is 19.9 Å². The smallest absolute Gasteiger partial charge is 0.279 e. The predicted octanol–water partition coefficient (Wildman–Crippen LogP) is 2.43. The lowest BCUT2D eigenvalue weighted by Gasteiger charge is -2.19. The van der Waals surface area contributed by atoms with E-state index in [1.807, 2.05) is 5.32 Å². The van der Waals surface area contributed by atoms with Gasteiger partial charge < -0.3 is 15.5 Å². The number of hydrogen-bond acceptors (Lipinski definition) is 2. The largest absolute Gasteiger partial charge is 0.345 e. The SMILES string of the molecule is CC(C)[C@@H]([NH2+]CC(=O)Nc1ccc(C(=O)N(C)C)cc1)c1ccc(F)cc1. The lowest BCUT2D eigenvalue weighted by atomic mass is 9.96. The minimum absolute atomic E-state index is 0.0661. The summed E-state index contributed by atoms with van der Waals surface area (Å²) in [4.78, 5) is 25.7.